The molecule has 0 saturated carbocycles. The number of hydrogen-bond donors (Lipinski definition) is 0. The summed E-state index contributed by atoms with van der Waals surface area (Å²) >= 11 is 0. The van der Waals surface area contributed by atoms with Crippen LogP contribution in [0.3, 0.4) is 0 Å². The SMILES string of the molecule is Cc1ccc(C(=O)C(C)N(C)C(=O)C(C)N2C(=O)c3ccccc3C2=O)cc1. The normalized spacial score (nSPS) is 15.2. The lowest BCUT2D eigenvalue weighted by atomic mass is 10.0. The van der Waals surface area contributed by atoms with Gasteiger partial charge in [0.25, 0.3) is 11.8 Å². The Hall–Kier alpha value is -3.28. The summed E-state index contributed by atoms with van der Waals surface area (Å²) in [6, 6.07) is 11.9. The molecule has 0 spiro atoms. The van der Waals surface area contributed by atoms with Crippen LogP contribution in [-0.4, -0.2) is 52.4 Å². The minimum atomic E-state index is -1.01. The van der Waals surface area contributed by atoms with Crippen LogP contribution in [0.15, 0.2) is 48.5 Å². The predicted octanol–water partition coefficient (Wildman–Crippen LogP) is 2.71. The summed E-state index contributed by atoms with van der Waals surface area (Å²) in [7, 11) is 1.51. The molecule has 6 nitrogen and oxygen atoms in total. The second kappa shape index (κ2) is 7.38. The molecule has 3 amide bonds. The molecule has 28 heavy (non-hydrogen) atoms. The van der Waals surface area contributed by atoms with E-state index in [1.807, 2.05) is 19.1 Å². The van der Waals surface area contributed by atoms with Gasteiger partial charge >= 0.3 is 0 Å². The number of rotatable bonds is 5. The highest BCUT2D eigenvalue weighted by atomic mass is 16.2. The summed E-state index contributed by atoms with van der Waals surface area (Å²) in [5, 5.41) is 0. The summed E-state index contributed by atoms with van der Waals surface area (Å²) in [5.74, 6) is -1.66. The molecule has 2 atom stereocenters. The second-order valence-electron chi connectivity index (χ2n) is 7.06. The van der Waals surface area contributed by atoms with Crippen molar-refractivity contribution in [1.82, 2.24) is 9.80 Å². The lowest BCUT2D eigenvalue weighted by Gasteiger charge is -2.30. The Balaban J connectivity index is 1.78. The van der Waals surface area contributed by atoms with E-state index < -0.39 is 29.8 Å². The van der Waals surface area contributed by atoms with Crippen molar-refractivity contribution in [2.75, 3.05) is 7.05 Å². The number of likely N-dealkylation sites (N-methyl/N-ethyl adjacent to an activating group) is 1. The third kappa shape index (κ3) is 3.22. The molecule has 3 rings (SSSR count). The van der Waals surface area contributed by atoms with Crippen molar-refractivity contribution in [3.63, 3.8) is 0 Å². The van der Waals surface area contributed by atoms with Gasteiger partial charge in [0.1, 0.15) is 6.04 Å². The van der Waals surface area contributed by atoms with E-state index >= 15 is 0 Å². The Kier molecular flexibility index (Phi) is 5.14. The molecule has 2 aromatic carbocycles. The molecule has 2 aromatic rings. The van der Waals surface area contributed by atoms with Crippen LogP contribution in [0.2, 0.25) is 0 Å². The van der Waals surface area contributed by atoms with E-state index in [0.717, 1.165) is 10.5 Å². The van der Waals surface area contributed by atoms with Gasteiger partial charge < -0.3 is 4.90 Å². The molecule has 0 aromatic heterocycles. The molecule has 0 aliphatic carbocycles. The van der Waals surface area contributed by atoms with Gasteiger partial charge in [-0.1, -0.05) is 42.0 Å². The smallest absolute Gasteiger partial charge is 0.262 e. The van der Waals surface area contributed by atoms with Gasteiger partial charge in [-0.15, -0.1) is 0 Å². The van der Waals surface area contributed by atoms with Crippen LogP contribution in [0.25, 0.3) is 0 Å². The first-order valence-electron chi connectivity index (χ1n) is 9.08. The molecule has 0 fully saturated rings. The molecule has 0 bridgehead atoms. The van der Waals surface area contributed by atoms with Crippen LogP contribution < -0.4 is 0 Å². The number of imide groups is 1. The largest absolute Gasteiger partial charge is 0.334 e. The number of carbonyl (C=O) groups excluding carboxylic acids is 4. The zero-order valence-corrected chi connectivity index (χ0v) is 16.3. The molecule has 0 N–H and O–H groups in total. The van der Waals surface area contributed by atoms with Gasteiger partial charge in [-0.3, -0.25) is 24.1 Å². The molecular weight excluding hydrogens is 356 g/mol. The van der Waals surface area contributed by atoms with E-state index in [0.29, 0.717) is 16.7 Å². The molecule has 0 saturated heterocycles. The number of ketones is 1. The van der Waals surface area contributed by atoms with Crippen molar-refractivity contribution in [3.05, 3.63) is 70.8 Å². The zero-order valence-electron chi connectivity index (χ0n) is 16.3. The fourth-order valence-corrected chi connectivity index (χ4v) is 3.29. The third-order valence-corrected chi connectivity index (χ3v) is 5.21. The number of amides is 3. The summed E-state index contributed by atoms with van der Waals surface area (Å²) in [6.45, 7) is 5.07. The highest BCUT2D eigenvalue weighted by Crippen LogP contribution is 2.25. The van der Waals surface area contributed by atoms with Crippen LogP contribution >= 0.6 is 0 Å². The molecule has 1 aliphatic heterocycles. The van der Waals surface area contributed by atoms with Gasteiger partial charge in [0, 0.05) is 12.6 Å². The van der Waals surface area contributed by atoms with Gasteiger partial charge in [0.2, 0.25) is 5.91 Å². The Bertz CT molecular complexity index is 930. The van der Waals surface area contributed by atoms with Crippen molar-refractivity contribution in [2.24, 2.45) is 0 Å². The summed E-state index contributed by atoms with van der Waals surface area (Å²) in [5.41, 5.74) is 2.12. The number of nitrogens with zero attached hydrogens (tertiary/aromatic N) is 2. The van der Waals surface area contributed by atoms with E-state index in [-0.39, 0.29) is 5.78 Å². The quantitative estimate of drug-likeness (QED) is 0.592. The van der Waals surface area contributed by atoms with Crippen molar-refractivity contribution in [2.45, 2.75) is 32.9 Å². The molecule has 0 radical (unpaired) electrons. The summed E-state index contributed by atoms with van der Waals surface area (Å²) in [4.78, 5) is 53.1. The van der Waals surface area contributed by atoms with E-state index in [1.54, 1.807) is 43.3 Å². The van der Waals surface area contributed by atoms with Crippen molar-refractivity contribution >= 4 is 23.5 Å². The first-order chi connectivity index (χ1) is 13.2. The fraction of sp³-hybridized carbons (Fsp3) is 0.273. The highest BCUT2D eigenvalue weighted by molar-refractivity contribution is 6.22. The fourth-order valence-electron chi connectivity index (χ4n) is 3.29. The van der Waals surface area contributed by atoms with Crippen LogP contribution in [0.5, 0.6) is 0 Å². The lowest BCUT2D eigenvalue weighted by molar-refractivity contribution is -0.134. The van der Waals surface area contributed by atoms with Gasteiger partial charge in [0.05, 0.1) is 17.2 Å². The lowest BCUT2D eigenvalue weighted by Crippen LogP contribution is -2.52. The first kappa shape index (κ1) is 19.5. The van der Waals surface area contributed by atoms with E-state index in [1.165, 1.54) is 18.9 Å². The average Bonchev–Trinajstić information content (AvgIpc) is 2.96. The number of fused-ring (bicyclic) bond motifs is 1. The van der Waals surface area contributed by atoms with Gasteiger partial charge in [-0.05, 0) is 32.9 Å². The van der Waals surface area contributed by atoms with Crippen LogP contribution in [-0.2, 0) is 4.79 Å². The van der Waals surface area contributed by atoms with E-state index in [9.17, 15) is 19.2 Å². The van der Waals surface area contributed by atoms with E-state index in [4.69, 9.17) is 0 Å². The maximum absolute atomic E-state index is 12.9. The van der Waals surface area contributed by atoms with Crippen LogP contribution in [0.4, 0.5) is 0 Å². The van der Waals surface area contributed by atoms with Crippen molar-refractivity contribution < 1.29 is 19.2 Å². The van der Waals surface area contributed by atoms with E-state index in [2.05, 4.69) is 0 Å². The minimum absolute atomic E-state index is 0.203. The highest BCUT2D eigenvalue weighted by Gasteiger charge is 2.42. The molecule has 6 heteroatoms. The number of Topliss-reactive ketones (excluding diaryl/α,β-unsaturated/α-hetero) is 1. The van der Waals surface area contributed by atoms with Gasteiger partial charge in [-0.25, -0.2) is 0 Å². The first-order valence-corrected chi connectivity index (χ1v) is 9.08. The Morgan fingerprint density at radius 2 is 1.39 bits per heavy atom. The van der Waals surface area contributed by atoms with Crippen molar-refractivity contribution in [3.8, 4) is 0 Å². The monoisotopic (exact) mass is 378 g/mol. The maximum Gasteiger partial charge on any atom is 0.262 e. The second-order valence-corrected chi connectivity index (χ2v) is 7.06. The van der Waals surface area contributed by atoms with Crippen molar-refractivity contribution in [1.29, 1.82) is 0 Å². The number of hydrogen-bond acceptors (Lipinski definition) is 4. The van der Waals surface area contributed by atoms with Gasteiger partial charge in [0.15, 0.2) is 5.78 Å². The number of carbonyl (C=O) groups is 4. The summed E-state index contributed by atoms with van der Waals surface area (Å²) in [6.07, 6.45) is 0. The maximum atomic E-state index is 12.9. The van der Waals surface area contributed by atoms with Crippen LogP contribution in [0, 0.1) is 6.92 Å². The van der Waals surface area contributed by atoms with Gasteiger partial charge in [-0.2, -0.15) is 0 Å². The Morgan fingerprint density at radius 3 is 1.89 bits per heavy atom. The molecule has 1 aliphatic rings. The number of aryl methyl sites for hydroxylation is 1. The topological polar surface area (TPSA) is 74.8 Å². The molecular formula is C22H22N2O4. The third-order valence-electron chi connectivity index (χ3n) is 5.21. The Labute approximate surface area is 163 Å². The van der Waals surface area contributed by atoms with Crippen LogP contribution in [0.1, 0.15) is 50.5 Å². The summed E-state index contributed by atoms with van der Waals surface area (Å²) < 4.78 is 0. The minimum Gasteiger partial charge on any atom is -0.334 e. The number of benzene rings is 2. The average molecular weight is 378 g/mol. The predicted molar refractivity (Wildman–Crippen MR) is 104 cm³/mol. The molecule has 2 unspecified atom stereocenters. The molecule has 1 heterocycles. The molecule has 144 valence electrons. The standard InChI is InChI=1S/C22H22N2O4/c1-13-9-11-16(12-10-13)19(25)14(2)23(4)20(26)15(3)24-21(27)17-7-5-6-8-18(17)22(24)28/h5-12,14-15H,1-4H3. The zero-order chi connectivity index (χ0) is 20.6. The Morgan fingerprint density at radius 1 is 0.893 bits per heavy atom.